The van der Waals surface area contributed by atoms with Gasteiger partial charge in [-0.05, 0) is 51.1 Å². The summed E-state index contributed by atoms with van der Waals surface area (Å²) in [6.07, 6.45) is 4.79. The van der Waals surface area contributed by atoms with Crippen LogP contribution in [0, 0.1) is 17.7 Å². The van der Waals surface area contributed by atoms with Gasteiger partial charge in [0.2, 0.25) is 0 Å². The van der Waals surface area contributed by atoms with Crippen LogP contribution >= 0.6 is 0 Å². The van der Waals surface area contributed by atoms with Gasteiger partial charge in [0.1, 0.15) is 5.82 Å². The number of likely N-dealkylation sites (tertiary alicyclic amines) is 1. The van der Waals surface area contributed by atoms with Gasteiger partial charge in [-0.15, -0.1) is 0 Å². The van der Waals surface area contributed by atoms with Gasteiger partial charge in [-0.2, -0.15) is 0 Å². The Balaban J connectivity index is 1.62. The molecule has 0 aliphatic carbocycles. The van der Waals surface area contributed by atoms with Crippen molar-refractivity contribution in [3.05, 3.63) is 35.6 Å². The predicted octanol–water partition coefficient (Wildman–Crippen LogP) is 3.46. The number of benzene rings is 1. The van der Waals surface area contributed by atoms with Gasteiger partial charge < -0.3 is 35.1 Å². The highest BCUT2D eigenvalue weighted by molar-refractivity contribution is 5.74. The number of carbonyl (C=O) groups excluding carboxylic acids is 2. The predicted molar refractivity (Wildman–Crippen MR) is 139 cm³/mol. The van der Waals surface area contributed by atoms with E-state index in [2.05, 4.69) is 20.7 Å². The fraction of sp³-hybridized carbons (Fsp3) is 0.704. The molecule has 10 heteroatoms. The molecule has 3 rings (SSSR count). The summed E-state index contributed by atoms with van der Waals surface area (Å²) in [5.41, 5.74) is 0.467. The number of nitrogens with one attached hydrogen (secondary N) is 3. The number of ether oxygens (including phenoxy) is 3. The van der Waals surface area contributed by atoms with Gasteiger partial charge >= 0.3 is 12.1 Å². The van der Waals surface area contributed by atoms with Crippen molar-refractivity contribution in [3.63, 3.8) is 0 Å². The maximum atomic E-state index is 14.8. The van der Waals surface area contributed by atoms with Gasteiger partial charge in [-0.25, -0.2) is 14.0 Å². The molecule has 2 fully saturated rings. The fourth-order valence-corrected chi connectivity index (χ4v) is 5.30. The van der Waals surface area contributed by atoms with Gasteiger partial charge in [0.25, 0.3) is 0 Å². The number of rotatable bonds is 11. The Kier molecular flexibility index (Phi) is 12.4. The third kappa shape index (κ3) is 9.43. The molecule has 2 heterocycles. The van der Waals surface area contributed by atoms with Crippen molar-refractivity contribution in [2.45, 2.75) is 50.7 Å². The molecule has 37 heavy (non-hydrogen) atoms. The summed E-state index contributed by atoms with van der Waals surface area (Å²) in [5.74, 6) is 0.0231. The van der Waals surface area contributed by atoms with Gasteiger partial charge in [-0.3, -0.25) is 0 Å². The highest BCUT2D eigenvalue weighted by Crippen LogP contribution is 2.34. The number of nitrogens with zero attached hydrogens (tertiary/aromatic N) is 1. The smallest absolute Gasteiger partial charge is 0.406 e. The molecule has 4 unspecified atom stereocenters. The molecule has 0 spiro atoms. The van der Waals surface area contributed by atoms with Crippen molar-refractivity contribution >= 4 is 12.1 Å². The number of piperidine rings is 1. The van der Waals surface area contributed by atoms with E-state index in [1.54, 1.807) is 18.2 Å². The van der Waals surface area contributed by atoms with Crippen molar-refractivity contribution in [1.82, 2.24) is 20.9 Å². The van der Waals surface area contributed by atoms with Gasteiger partial charge in [0.05, 0.1) is 19.8 Å². The van der Waals surface area contributed by atoms with E-state index in [4.69, 9.17) is 9.47 Å². The number of methoxy groups -OCH3 is 1. The molecule has 1 aromatic carbocycles. The summed E-state index contributed by atoms with van der Waals surface area (Å²) in [7, 11) is 3.19. The highest BCUT2D eigenvalue weighted by Gasteiger charge is 2.33. The first-order valence-corrected chi connectivity index (χ1v) is 13.5. The molecule has 208 valence electrons. The maximum Gasteiger partial charge on any atom is 0.406 e. The average Bonchev–Trinajstić information content (AvgIpc) is 3.18. The Labute approximate surface area is 219 Å². The Morgan fingerprint density at radius 2 is 2.05 bits per heavy atom. The molecule has 3 N–H and O–H groups in total. The minimum atomic E-state index is -0.543. The number of carbonyl (C=O) groups is 2. The van der Waals surface area contributed by atoms with Crippen LogP contribution in [0.3, 0.4) is 0 Å². The van der Waals surface area contributed by atoms with Crippen molar-refractivity contribution in [1.29, 1.82) is 0 Å². The lowest BCUT2D eigenvalue weighted by Crippen LogP contribution is -2.52. The molecule has 3 amide bonds. The topological polar surface area (TPSA) is 101 Å². The summed E-state index contributed by atoms with van der Waals surface area (Å²) >= 11 is 0. The van der Waals surface area contributed by atoms with Crippen LogP contribution in [0.1, 0.15) is 50.2 Å². The van der Waals surface area contributed by atoms with Crippen LogP contribution in [-0.4, -0.2) is 83.2 Å². The molecule has 9 nitrogen and oxygen atoms in total. The molecular weight excluding hydrogens is 479 g/mol. The van der Waals surface area contributed by atoms with Crippen LogP contribution in [0.5, 0.6) is 0 Å². The molecule has 2 aliphatic rings. The lowest BCUT2D eigenvalue weighted by atomic mass is 9.88. The van der Waals surface area contributed by atoms with Crippen molar-refractivity contribution in [3.8, 4) is 0 Å². The largest absolute Gasteiger partial charge is 0.453 e. The standard InChI is InChI=1S/C27H43FN4O5/c1-29-17-22(16-20-8-5-6-14-36-19-20)31-26(33)32-13-7-9-21(18-32)25(23-10-3-4-11-24(23)28)37-15-12-30-27(34)35-2/h3-4,10-11,20-22,25,29H,5-9,12-19H2,1-2H3,(H,30,34)(H,31,33). The second-order valence-corrected chi connectivity index (χ2v) is 9.96. The van der Waals surface area contributed by atoms with E-state index in [1.807, 2.05) is 11.9 Å². The number of urea groups is 1. The highest BCUT2D eigenvalue weighted by atomic mass is 19.1. The fourth-order valence-electron chi connectivity index (χ4n) is 5.30. The second kappa shape index (κ2) is 15.7. The Bertz CT molecular complexity index is 837. The van der Waals surface area contributed by atoms with Crippen LogP contribution in [0.15, 0.2) is 24.3 Å². The van der Waals surface area contributed by atoms with Gasteiger partial charge in [0, 0.05) is 56.9 Å². The van der Waals surface area contributed by atoms with E-state index >= 15 is 0 Å². The summed E-state index contributed by atoms with van der Waals surface area (Å²) in [6.45, 7) is 3.81. The zero-order valence-electron chi connectivity index (χ0n) is 22.2. The molecule has 1 aromatic rings. The summed E-state index contributed by atoms with van der Waals surface area (Å²) < 4.78 is 31.2. The Morgan fingerprint density at radius 1 is 1.22 bits per heavy atom. The minimum Gasteiger partial charge on any atom is -0.453 e. The first-order valence-electron chi connectivity index (χ1n) is 13.5. The van der Waals surface area contributed by atoms with Crippen LogP contribution in [0.2, 0.25) is 0 Å². The van der Waals surface area contributed by atoms with Crippen LogP contribution < -0.4 is 16.0 Å². The quantitative estimate of drug-likeness (QED) is 0.385. The van der Waals surface area contributed by atoms with E-state index in [-0.39, 0.29) is 37.0 Å². The number of halogens is 1. The van der Waals surface area contributed by atoms with Crippen molar-refractivity contribution in [2.75, 3.05) is 60.2 Å². The van der Waals surface area contributed by atoms with E-state index < -0.39 is 12.2 Å². The Morgan fingerprint density at radius 3 is 2.84 bits per heavy atom. The molecule has 0 aromatic heterocycles. The molecular formula is C27H43FN4O5. The molecule has 2 saturated heterocycles. The molecule has 0 radical (unpaired) electrons. The number of hydrogen-bond donors (Lipinski definition) is 3. The summed E-state index contributed by atoms with van der Waals surface area (Å²) in [6, 6.07) is 6.49. The summed E-state index contributed by atoms with van der Waals surface area (Å²) in [5, 5.41) is 9.02. The monoisotopic (exact) mass is 522 g/mol. The van der Waals surface area contributed by atoms with Crippen LogP contribution in [-0.2, 0) is 14.2 Å². The van der Waals surface area contributed by atoms with E-state index in [9.17, 15) is 14.0 Å². The SMILES string of the molecule is CNCC(CC1CCCCOC1)NC(=O)N1CCCC(C(OCCNC(=O)OC)c2ccccc2F)C1. The summed E-state index contributed by atoms with van der Waals surface area (Å²) in [4.78, 5) is 26.5. The maximum absolute atomic E-state index is 14.8. The lowest BCUT2D eigenvalue weighted by Gasteiger charge is -2.38. The first-order chi connectivity index (χ1) is 18.0. The molecule has 2 aliphatic heterocycles. The third-order valence-electron chi connectivity index (χ3n) is 7.14. The number of likely N-dealkylation sites (N-methyl/N-ethyl adjacent to an activating group) is 1. The first kappa shape index (κ1) is 29.1. The molecule has 0 saturated carbocycles. The number of alkyl carbamates (subject to hydrolysis) is 1. The van der Waals surface area contributed by atoms with Crippen molar-refractivity contribution in [2.24, 2.45) is 11.8 Å². The van der Waals surface area contributed by atoms with E-state index in [0.717, 1.165) is 51.7 Å². The zero-order valence-corrected chi connectivity index (χ0v) is 22.2. The van der Waals surface area contributed by atoms with Gasteiger partial charge in [-0.1, -0.05) is 24.6 Å². The Hall–Kier alpha value is -2.43. The van der Waals surface area contributed by atoms with E-state index in [0.29, 0.717) is 31.1 Å². The third-order valence-corrected chi connectivity index (χ3v) is 7.14. The van der Waals surface area contributed by atoms with Crippen molar-refractivity contribution < 1.29 is 28.2 Å². The minimum absolute atomic E-state index is 0.00703. The average molecular weight is 523 g/mol. The zero-order chi connectivity index (χ0) is 26.5. The number of hydrogen-bond acceptors (Lipinski definition) is 6. The lowest BCUT2D eigenvalue weighted by molar-refractivity contribution is -0.0106. The normalized spacial score (nSPS) is 22.0. The van der Waals surface area contributed by atoms with Crippen LogP contribution in [0.4, 0.5) is 14.0 Å². The van der Waals surface area contributed by atoms with Crippen LogP contribution in [0.25, 0.3) is 0 Å². The number of amides is 3. The van der Waals surface area contributed by atoms with E-state index in [1.165, 1.54) is 13.2 Å². The second-order valence-electron chi connectivity index (χ2n) is 9.96. The molecule has 4 atom stereocenters. The molecule has 0 bridgehead atoms. The van der Waals surface area contributed by atoms with Gasteiger partial charge in [0.15, 0.2) is 0 Å².